The molecule has 0 saturated carbocycles. The van der Waals surface area contributed by atoms with Crippen LogP contribution in [0.2, 0.25) is 0 Å². The second-order valence-electron chi connectivity index (χ2n) is 7.45. The number of aromatic nitrogens is 2. The molecule has 0 spiro atoms. The Balaban J connectivity index is 1.33. The number of fused-ring (bicyclic) bond motifs is 3. The molecule has 1 fully saturated rings. The van der Waals surface area contributed by atoms with Crippen molar-refractivity contribution in [2.75, 3.05) is 18.4 Å². The SMILES string of the molecule is O=C1Nc2ccc(F)c(F)c2CN1CC(=O)N1C[C@@H]2C=C(c3ccncn3)[C@H]1C2. The highest BCUT2D eigenvalue weighted by Crippen LogP contribution is 2.41. The Bertz CT molecular complexity index is 1040. The third kappa shape index (κ3) is 2.93. The van der Waals surface area contributed by atoms with Crippen LogP contribution in [0.1, 0.15) is 17.7 Å². The van der Waals surface area contributed by atoms with Gasteiger partial charge in [0.2, 0.25) is 5.91 Å². The number of amides is 3. The number of carbonyl (C=O) groups excluding carboxylic acids is 2. The predicted molar refractivity (Wildman–Crippen MR) is 99.4 cm³/mol. The van der Waals surface area contributed by atoms with Crippen molar-refractivity contribution in [3.8, 4) is 0 Å². The summed E-state index contributed by atoms with van der Waals surface area (Å²) in [7, 11) is 0. The first kappa shape index (κ1) is 17.7. The molecule has 1 aliphatic carbocycles. The summed E-state index contributed by atoms with van der Waals surface area (Å²) in [5.41, 5.74) is 2.04. The maximum Gasteiger partial charge on any atom is 0.322 e. The third-order valence-corrected chi connectivity index (χ3v) is 5.71. The lowest BCUT2D eigenvalue weighted by Gasteiger charge is -2.33. The van der Waals surface area contributed by atoms with Gasteiger partial charge in [0.15, 0.2) is 11.6 Å². The Morgan fingerprint density at radius 3 is 2.90 bits per heavy atom. The van der Waals surface area contributed by atoms with Crippen molar-refractivity contribution in [3.63, 3.8) is 0 Å². The highest BCUT2D eigenvalue weighted by atomic mass is 19.2. The van der Waals surface area contributed by atoms with Gasteiger partial charge >= 0.3 is 6.03 Å². The van der Waals surface area contributed by atoms with E-state index >= 15 is 0 Å². The second-order valence-corrected chi connectivity index (χ2v) is 7.45. The van der Waals surface area contributed by atoms with Gasteiger partial charge in [0.05, 0.1) is 24.0 Å². The molecule has 0 radical (unpaired) electrons. The fourth-order valence-corrected chi connectivity index (χ4v) is 4.35. The van der Waals surface area contributed by atoms with Crippen LogP contribution in [0.4, 0.5) is 19.3 Å². The van der Waals surface area contributed by atoms with E-state index in [0.29, 0.717) is 6.54 Å². The van der Waals surface area contributed by atoms with E-state index in [9.17, 15) is 18.4 Å². The third-order valence-electron chi connectivity index (χ3n) is 5.71. The van der Waals surface area contributed by atoms with E-state index in [0.717, 1.165) is 23.8 Å². The molecule has 1 saturated heterocycles. The second kappa shape index (κ2) is 6.61. The summed E-state index contributed by atoms with van der Waals surface area (Å²) in [6.45, 7) is 0.210. The summed E-state index contributed by atoms with van der Waals surface area (Å²) in [6.07, 6.45) is 6.08. The Labute approximate surface area is 165 Å². The van der Waals surface area contributed by atoms with E-state index in [-0.39, 0.29) is 42.2 Å². The Morgan fingerprint density at radius 2 is 2.14 bits per heavy atom. The molecule has 3 aliphatic rings. The first-order valence-corrected chi connectivity index (χ1v) is 9.31. The molecule has 9 heteroatoms. The van der Waals surface area contributed by atoms with Crippen molar-refractivity contribution < 1.29 is 18.4 Å². The maximum absolute atomic E-state index is 14.1. The molecule has 2 aliphatic heterocycles. The smallest absolute Gasteiger partial charge is 0.322 e. The van der Waals surface area contributed by atoms with Crippen molar-refractivity contribution in [3.05, 3.63) is 59.7 Å². The highest BCUT2D eigenvalue weighted by Gasteiger charge is 2.43. The normalized spacial score (nSPS) is 22.4. The van der Waals surface area contributed by atoms with Gasteiger partial charge in [-0.2, -0.15) is 0 Å². The van der Waals surface area contributed by atoms with Crippen LogP contribution in [0.3, 0.4) is 0 Å². The summed E-state index contributed by atoms with van der Waals surface area (Å²) in [5.74, 6) is -1.97. The predicted octanol–water partition coefficient (Wildman–Crippen LogP) is 2.42. The van der Waals surface area contributed by atoms with Gasteiger partial charge in [0, 0.05) is 18.3 Å². The molecule has 7 nitrogen and oxygen atoms in total. The minimum atomic E-state index is -1.01. The molecule has 2 bridgehead atoms. The molecular weight excluding hydrogens is 380 g/mol. The van der Waals surface area contributed by atoms with Gasteiger partial charge < -0.3 is 15.1 Å². The number of likely N-dealkylation sites (tertiary alicyclic amines) is 1. The topological polar surface area (TPSA) is 78.4 Å². The molecule has 1 aromatic heterocycles. The average molecular weight is 397 g/mol. The number of hydrogen-bond acceptors (Lipinski definition) is 4. The average Bonchev–Trinajstić information content (AvgIpc) is 3.34. The molecule has 1 aromatic carbocycles. The lowest BCUT2D eigenvalue weighted by molar-refractivity contribution is -0.132. The van der Waals surface area contributed by atoms with Crippen LogP contribution in [-0.2, 0) is 11.3 Å². The van der Waals surface area contributed by atoms with Gasteiger partial charge in [-0.25, -0.2) is 23.5 Å². The van der Waals surface area contributed by atoms with E-state index in [1.54, 1.807) is 11.1 Å². The zero-order chi connectivity index (χ0) is 20.1. The highest BCUT2D eigenvalue weighted by molar-refractivity contribution is 5.95. The summed E-state index contributed by atoms with van der Waals surface area (Å²) in [4.78, 5) is 36.5. The minimum Gasteiger partial charge on any atom is -0.333 e. The molecule has 0 unspecified atom stereocenters. The molecule has 5 rings (SSSR count). The van der Waals surface area contributed by atoms with E-state index in [1.165, 1.54) is 17.3 Å². The van der Waals surface area contributed by atoms with Crippen LogP contribution in [-0.4, -0.2) is 50.8 Å². The molecule has 148 valence electrons. The van der Waals surface area contributed by atoms with Crippen molar-refractivity contribution in [2.45, 2.75) is 19.0 Å². The molecule has 3 heterocycles. The quantitative estimate of drug-likeness (QED) is 0.863. The van der Waals surface area contributed by atoms with Crippen LogP contribution in [0.15, 0.2) is 36.8 Å². The number of benzene rings is 1. The Kier molecular flexibility index (Phi) is 4.04. The molecule has 2 atom stereocenters. The largest absolute Gasteiger partial charge is 0.333 e. The van der Waals surface area contributed by atoms with Crippen molar-refractivity contribution >= 4 is 23.2 Å². The number of nitrogens with zero attached hydrogens (tertiary/aromatic N) is 4. The van der Waals surface area contributed by atoms with Crippen LogP contribution in [0.25, 0.3) is 5.57 Å². The fourth-order valence-electron chi connectivity index (χ4n) is 4.35. The summed E-state index contributed by atoms with van der Waals surface area (Å²) >= 11 is 0. The van der Waals surface area contributed by atoms with Gasteiger partial charge in [-0.05, 0) is 36.1 Å². The molecule has 1 N–H and O–H groups in total. The number of nitrogens with one attached hydrogen (secondary N) is 1. The Morgan fingerprint density at radius 1 is 1.28 bits per heavy atom. The zero-order valence-electron chi connectivity index (χ0n) is 15.3. The van der Waals surface area contributed by atoms with E-state index in [2.05, 4.69) is 21.4 Å². The minimum absolute atomic E-state index is 0.0434. The lowest BCUT2D eigenvalue weighted by Crippen LogP contribution is -2.48. The van der Waals surface area contributed by atoms with Crippen LogP contribution in [0, 0.1) is 17.6 Å². The summed E-state index contributed by atoms with van der Waals surface area (Å²) in [6, 6.07) is 3.49. The number of anilines is 1. The van der Waals surface area contributed by atoms with Gasteiger partial charge in [0.1, 0.15) is 12.9 Å². The number of hydrogen-bond donors (Lipinski definition) is 1. The van der Waals surface area contributed by atoms with E-state index in [4.69, 9.17) is 0 Å². The molecular formula is C20H17F2N5O2. The van der Waals surface area contributed by atoms with Crippen LogP contribution in [0.5, 0.6) is 0 Å². The monoisotopic (exact) mass is 397 g/mol. The molecule has 29 heavy (non-hydrogen) atoms. The molecule has 2 aromatic rings. The van der Waals surface area contributed by atoms with Crippen LogP contribution < -0.4 is 5.32 Å². The van der Waals surface area contributed by atoms with Gasteiger partial charge in [0.25, 0.3) is 0 Å². The fraction of sp³-hybridized carbons (Fsp3) is 0.300. The van der Waals surface area contributed by atoms with Crippen molar-refractivity contribution in [1.82, 2.24) is 19.8 Å². The number of carbonyl (C=O) groups is 2. The number of urea groups is 1. The van der Waals surface area contributed by atoms with Gasteiger partial charge in [-0.15, -0.1) is 0 Å². The van der Waals surface area contributed by atoms with Crippen molar-refractivity contribution in [1.29, 1.82) is 0 Å². The Hall–Kier alpha value is -3.36. The number of halogens is 2. The van der Waals surface area contributed by atoms with Crippen LogP contribution >= 0.6 is 0 Å². The van der Waals surface area contributed by atoms with E-state index in [1.807, 2.05) is 6.07 Å². The summed E-state index contributed by atoms with van der Waals surface area (Å²) in [5, 5.41) is 2.52. The van der Waals surface area contributed by atoms with E-state index < -0.39 is 17.7 Å². The first-order chi connectivity index (χ1) is 14.0. The first-order valence-electron chi connectivity index (χ1n) is 9.31. The standard InChI is InChI=1S/C20H17F2N5O2/c21-14-1-2-16-13(19(14)22)8-26(20(29)25-16)9-18(28)27-7-11-5-12(17(27)6-11)15-3-4-23-10-24-15/h1-5,10-11,17H,6-9H2,(H,25,29)/t11-,17-/m1/s1. The van der Waals surface area contributed by atoms with Gasteiger partial charge in [-0.1, -0.05) is 6.08 Å². The summed E-state index contributed by atoms with van der Waals surface area (Å²) < 4.78 is 27.7. The lowest BCUT2D eigenvalue weighted by atomic mass is 10.1. The zero-order valence-corrected chi connectivity index (χ0v) is 15.3. The maximum atomic E-state index is 14.1. The molecule has 3 amide bonds. The van der Waals surface area contributed by atoms with Gasteiger partial charge in [-0.3, -0.25) is 4.79 Å². The van der Waals surface area contributed by atoms with Crippen molar-refractivity contribution in [2.24, 2.45) is 5.92 Å². The number of rotatable bonds is 3.